The van der Waals surface area contributed by atoms with Crippen LogP contribution in [0, 0.1) is 11.3 Å². The van der Waals surface area contributed by atoms with E-state index in [1.54, 1.807) is 25.1 Å². The summed E-state index contributed by atoms with van der Waals surface area (Å²) in [5, 5.41) is 21.2. The molecular weight excluding hydrogens is 172 g/mol. The van der Waals surface area contributed by atoms with Gasteiger partial charge in [-0.25, -0.2) is 0 Å². The number of oxime groups is 1. The van der Waals surface area contributed by atoms with E-state index in [-0.39, 0.29) is 5.57 Å². The maximum Gasteiger partial charge on any atom is 0.268 e. The number of carbonyl (C=O) groups is 1. The maximum atomic E-state index is 11.0. The van der Waals surface area contributed by atoms with Crippen molar-refractivity contribution in [2.45, 2.75) is 0 Å². The first-order chi connectivity index (χ1) is 6.11. The molecule has 0 fully saturated rings. The van der Waals surface area contributed by atoms with Crippen LogP contribution >= 0.6 is 0 Å². The second-order valence-electron chi connectivity index (χ2n) is 2.34. The van der Waals surface area contributed by atoms with E-state index in [4.69, 9.17) is 10.5 Å². The van der Waals surface area contributed by atoms with E-state index in [1.165, 1.54) is 6.20 Å². The van der Waals surface area contributed by atoms with Gasteiger partial charge in [0.05, 0.1) is 0 Å². The Morgan fingerprint density at radius 1 is 1.69 bits per heavy atom. The minimum atomic E-state index is -0.617. The molecular formula is C7H10N4O2. The molecule has 0 aliphatic rings. The molecule has 6 heteroatoms. The van der Waals surface area contributed by atoms with Gasteiger partial charge in [0.25, 0.3) is 5.91 Å². The zero-order chi connectivity index (χ0) is 10.3. The van der Waals surface area contributed by atoms with Gasteiger partial charge in [-0.1, -0.05) is 5.16 Å². The molecule has 0 bridgehead atoms. The van der Waals surface area contributed by atoms with Crippen molar-refractivity contribution in [3.8, 4) is 6.07 Å². The highest BCUT2D eigenvalue weighted by atomic mass is 16.4. The van der Waals surface area contributed by atoms with E-state index in [0.29, 0.717) is 0 Å². The lowest BCUT2D eigenvalue weighted by Gasteiger charge is -2.04. The molecule has 13 heavy (non-hydrogen) atoms. The van der Waals surface area contributed by atoms with Crippen molar-refractivity contribution < 1.29 is 10.0 Å². The molecule has 1 amide bonds. The summed E-state index contributed by atoms with van der Waals surface area (Å²) in [6.45, 7) is 0. The van der Waals surface area contributed by atoms with Crippen molar-refractivity contribution >= 4 is 12.2 Å². The Morgan fingerprint density at radius 2 is 2.31 bits per heavy atom. The van der Waals surface area contributed by atoms with Crippen LogP contribution in [0.4, 0.5) is 0 Å². The molecule has 0 spiro atoms. The molecule has 0 aliphatic heterocycles. The standard InChI is InChI=1S/C7H10N4O2/c1-11(2)4-6(3-8)7(12)9-5-10-13/h4-5,13H,1-2H3,(H,9,10,12). The van der Waals surface area contributed by atoms with Gasteiger partial charge in [0, 0.05) is 20.3 Å². The van der Waals surface area contributed by atoms with E-state index >= 15 is 0 Å². The van der Waals surface area contributed by atoms with Crippen molar-refractivity contribution in [3.63, 3.8) is 0 Å². The SMILES string of the molecule is CN(C)C=C(C#N)C(=O)NC=NO. The third kappa shape index (κ3) is 4.42. The molecule has 6 nitrogen and oxygen atoms in total. The normalized spacial score (nSPS) is 11.0. The molecule has 0 rings (SSSR count). The molecule has 0 heterocycles. The van der Waals surface area contributed by atoms with E-state index in [1.807, 2.05) is 0 Å². The Kier molecular flexibility index (Phi) is 4.72. The summed E-state index contributed by atoms with van der Waals surface area (Å²) >= 11 is 0. The Morgan fingerprint density at radius 3 is 2.69 bits per heavy atom. The predicted molar refractivity (Wildman–Crippen MR) is 45.8 cm³/mol. The van der Waals surface area contributed by atoms with Gasteiger partial charge in [-0.3, -0.25) is 4.79 Å². The first-order valence-electron chi connectivity index (χ1n) is 3.37. The van der Waals surface area contributed by atoms with Crippen LogP contribution in [0.25, 0.3) is 0 Å². The van der Waals surface area contributed by atoms with E-state index in [9.17, 15) is 4.79 Å². The number of amides is 1. The van der Waals surface area contributed by atoms with Crippen LogP contribution in [0.1, 0.15) is 0 Å². The molecule has 0 aromatic carbocycles. The van der Waals surface area contributed by atoms with Gasteiger partial charge in [0.15, 0.2) is 0 Å². The molecule has 0 unspecified atom stereocenters. The van der Waals surface area contributed by atoms with Gasteiger partial charge in [-0.15, -0.1) is 0 Å². The van der Waals surface area contributed by atoms with Gasteiger partial charge >= 0.3 is 0 Å². The van der Waals surface area contributed by atoms with Crippen LogP contribution in [-0.2, 0) is 4.79 Å². The summed E-state index contributed by atoms with van der Waals surface area (Å²) in [7, 11) is 3.37. The molecule has 0 saturated carbocycles. The van der Waals surface area contributed by atoms with Crippen LogP contribution in [0.2, 0.25) is 0 Å². The summed E-state index contributed by atoms with van der Waals surface area (Å²) < 4.78 is 0. The molecule has 0 aromatic rings. The third-order valence-corrected chi connectivity index (χ3v) is 1.01. The quantitative estimate of drug-likeness (QED) is 0.154. The van der Waals surface area contributed by atoms with Gasteiger partial charge in [-0.2, -0.15) is 5.26 Å². The van der Waals surface area contributed by atoms with Gasteiger partial charge in [-0.05, 0) is 0 Å². The van der Waals surface area contributed by atoms with E-state index < -0.39 is 5.91 Å². The summed E-state index contributed by atoms with van der Waals surface area (Å²) in [4.78, 5) is 12.6. The predicted octanol–water partition coefficient (Wildman–Crippen LogP) is -0.511. The Balaban J connectivity index is 4.44. The fourth-order valence-corrected chi connectivity index (χ4v) is 0.562. The van der Waals surface area contributed by atoms with E-state index in [0.717, 1.165) is 6.34 Å². The molecule has 0 aromatic heterocycles. The highest BCUT2D eigenvalue weighted by Crippen LogP contribution is 1.92. The number of rotatable bonds is 3. The van der Waals surface area contributed by atoms with Gasteiger partial charge in [0.2, 0.25) is 0 Å². The van der Waals surface area contributed by atoms with Crippen LogP contribution < -0.4 is 5.32 Å². The molecule has 0 atom stereocenters. The lowest BCUT2D eigenvalue weighted by Crippen LogP contribution is -2.24. The highest BCUT2D eigenvalue weighted by molar-refractivity contribution is 6.02. The summed E-state index contributed by atoms with van der Waals surface area (Å²) in [6.07, 6.45) is 2.16. The topological polar surface area (TPSA) is 88.7 Å². The molecule has 0 saturated heterocycles. The second kappa shape index (κ2) is 5.60. The Hall–Kier alpha value is -2.03. The summed E-state index contributed by atoms with van der Waals surface area (Å²) in [5.74, 6) is -0.617. The van der Waals surface area contributed by atoms with Crippen molar-refractivity contribution in [2.24, 2.45) is 5.16 Å². The van der Waals surface area contributed by atoms with Crippen molar-refractivity contribution in [1.29, 1.82) is 5.26 Å². The van der Waals surface area contributed by atoms with Crippen molar-refractivity contribution in [3.05, 3.63) is 11.8 Å². The van der Waals surface area contributed by atoms with Gasteiger partial charge in [0.1, 0.15) is 18.0 Å². The highest BCUT2D eigenvalue weighted by Gasteiger charge is 2.06. The minimum absolute atomic E-state index is 0.0649. The van der Waals surface area contributed by atoms with E-state index in [2.05, 4.69) is 10.5 Å². The van der Waals surface area contributed by atoms with Crippen LogP contribution in [0.5, 0.6) is 0 Å². The van der Waals surface area contributed by atoms with Crippen LogP contribution in [0.15, 0.2) is 16.9 Å². The van der Waals surface area contributed by atoms with Crippen molar-refractivity contribution in [2.75, 3.05) is 14.1 Å². The summed E-state index contributed by atoms with van der Waals surface area (Å²) in [5.41, 5.74) is -0.0649. The smallest absolute Gasteiger partial charge is 0.268 e. The lowest BCUT2D eigenvalue weighted by atomic mass is 10.3. The average Bonchev–Trinajstić information content (AvgIpc) is 2.09. The second-order valence-corrected chi connectivity index (χ2v) is 2.34. The number of hydrogen-bond donors (Lipinski definition) is 2. The molecule has 0 radical (unpaired) electrons. The Bertz CT molecular complexity index is 275. The molecule has 0 aliphatic carbocycles. The number of carbonyl (C=O) groups excluding carboxylic acids is 1. The zero-order valence-electron chi connectivity index (χ0n) is 7.35. The zero-order valence-corrected chi connectivity index (χ0v) is 7.35. The fraction of sp³-hybridized carbons (Fsp3) is 0.286. The first-order valence-corrected chi connectivity index (χ1v) is 3.37. The van der Waals surface area contributed by atoms with Crippen molar-refractivity contribution in [1.82, 2.24) is 10.2 Å². The first kappa shape index (κ1) is 11.0. The minimum Gasteiger partial charge on any atom is -0.410 e. The lowest BCUT2D eigenvalue weighted by molar-refractivity contribution is -0.115. The largest absolute Gasteiger partial charge is 0.410 e. The maximum absolute atomic E-state index is 11.0. The fourth-order valence-electron chi connectivity index (χ4n) is 0.562. The number of hydrogen-bond acceptors (Lipinski definition) is 5. The van der Waals surface area contributed by atoms with Gasteiger partial charge < -0.3 is 15.4 Å². The molecule has 2 N–H and O–H groups in total. The number of nitriles is 1. The number of nitrogens with zero attached hydrogens (tertiary/aromatic N) is 3. The van der Waals surface area contributed by atoms with Crippen LogP contribution in [-0.4, -0.2) is 36.4 Å². The third-order valence-electron chi connectivity index (χ3n) is 1.01. The summed E-state index contributed by atoms with van der Waals surface area (Å²) in [6, 6.07) is 1.71. The number of nitrogens with one attached hydrogen (secondary N) is 1. The van der Waals surface area contributed by atoms with Crippen LogP contribution in [0.3, 0.4) is 0 Å². The Labute approximate surface area is 75.7 Å². The monoisotopic (exact) mass is 182 g/mol. The molecule has 70 valence electrons. The average molecular weight is 182 g/mol.